The van der Waals surface area contributed by atoms with E-state index in [9.17, 15) is 0 Å². The fourth-order valence-corrected chi connectivity index (χ4v) is 7.64. The minimum Gasteiger partial charge on any atom is -1.00 e. The second-order valence-corrected chi connectivity index (χ2v) is 9.46. The standard InChI is InChI=1S/C23H22P.HI/c1-2-3-13-20-24(21-14-7-4-8-15-21,22-16-9-5-10-17-22)23-18-11-6-12-19-23;/h1,4-12,14-19H,3,13,20H2;1H/q+1;/p-1. The molecule has 0 saturated heterocycles. The van der Waals surface area contributed by atoms with Gasteiger partial charge < -0.3 is 24.0 Å². The smallest absolute Gasteiger partial charge is 0.112 e. The summed E-state index contributed by atoms with van der Waals surface area (Å²) >= 11 is 0. The maximum Gasteiger partial charge on any atom is 0.112 e. The number of hydrogen-bond acceptors (Lipinski definition) is 0. The zero-order valence-electron chi connectivity index (χ0n) is 14.2. The molecule has 0 spiro atoms. The Morgan fingerprint density at radius 1 is 0.640 bits per heavy atom. The SMILES string of the molecule is C#CCCC[P+](c1ccccc1)(c1ccccc1)c1ccccc1.[I-]. The first-order valence-corrected chi connectivity index (χ1v) is 10.3. The van der Waals surface area contributed by atoms with Crippen LogP contribution in [0.1, 0.15) is 12.8 Å². The summed E-state index contributed by atoms with van der Waals surface area (Å²) in [5, 5.41) is 4.29. The monoisotopic (exact) mass is 456 g/mol. The molecule has 0 radical (unpaired) electrons. The summed E-state index contributed by atoms with van der Waals surface area (Å²) in [6.45, 7) is 0. The van der Waals surface area contributed by atoms with Gasteiger partial charge in [0.15, 0.2) is 0 Å². The normalized spacial score (nSPS) is 10.5. The highest BCUT2D eigenvalue weighted by molar-refractivity contribution is 7.95. The van der Waals surface area contributed by atoms with Crippen LogP contribution in [-0.4, -0.2) is 6.16 Å². The average Bonchev–Trinajstić information content (AvgIpc) is 2.68. The molecule has 0 aliphatic rings. The van der Waals surface area contributed by atoms with E-state index in [0.717, 1.165) is 19.0 Å². The molecule has 0 atom stereocenters. The highest BCUT2D eigenvalue weighted by atomic mass is 127. The molecule has 3 aromatic rings. The molecule has 3 aromatic carbocycles. The van der Waals surface area contributed by atoms with E-state index in [1.807, 2.05) is 0 Å². The topological polar surface area (TPSA) is 0 Å². The van der Waals surface area contributed by atoms with Gasteiger partial charge in [0.25, 0.3) is 0 Å². The Morgan fingerprint density at radius 3 is 1.32 bits per heavy atom. The molecule has 25 heavy (non-hydrogen) atoms. The van der Waals surface area contributed by atoms with Crippen LogP contribution in [-0.2, 0) is 0 Å². The van der Waals surface area contributed by atoms with E-state index in [4.69, 9.17) is 6.42 Å². The molecule has 0 fully saturated rings. The van der Waals surface area contributed by atoms with Crippen LogP contribution in [0.25, 0.3) is 0 Å². The van der Waals surface area contributed by atoms with E-state index >= 15 is 0 Å². The van der Waals surface area contributed by atoms with Crippen LogP contribution in [0.5, 0.6) is 0 Å². The van der Waals surface area contributed by atoms with Crippen LogP contribution in [0.2, 0.25) is 0 Å². The van der Waals surface area contributed by atoms with Crippen LogP contribution in [0.3, 0.4) is 0 Å². The Labute approximate surface area is 169 Å². The van der Waals surface area contributed by atoms with E-state index in [0.29, 0.717) is 0 Å². The highest BCUT2D eigenvalue weighted by Gasteiger charge is 2.44. The van der Waals surface area contributed by atoms with E-state index in [-0.39, 0.29) is 24.0 Å². The molecule has 0 unspecified atom stereocenters. The predicted molar refractivity (Wildman–Crippen MR) is 108 cm³/mol. The van der Waals surface area contributed by atoms with Crippen molar-refractivity contribution in [3.63, 3.8) is 0 Å². The van der Waals surface area contributed by atoms with Crippen LogP contribution < -0.4 is 39.9 Å². The van der Waals surface area contributed by atoms with Gasteiger partial charge in [0, 0.05) is 6.42 Å². The number of terminal acetylenes is 1. The molecule has 0 aliphatic heterocycles. The minimum absolute atomic E-state index is 0. The molecule has 0 aromatic heterocycles. The van der Waals surface area contributed by atoms with Gasteiger partial charge in [0.1, 0.15) is 23.2 Å². The largest absolute Gasteiger partial charge is 1.00 e. The zero-order valence-corrected chi connectivity index (χ0v) is 17.2. The van der Waals surface area contributed by atoms with Crippen molar-refractivity contribution >= 4 is 23.2 Å². The van der Waals surface area contributed by atoms with E-state index < -0.39 is 7.26 Å². The van der Waals surface area contributed by atoms with Crippen molar-refractivity contribution in [3.05, 3.63) is 91.0 Å². The lowest BCUT2D eigenvalue weighted by Crippen LogP contribution is -3.00. The number of rotatable bonds is 6. The van der Waals surface area contributed by atoms with Crippen LogP contribution in [0, 0.1) is 12.3 Å². The fraction of sp³-hybridized carbons (Fsp3) is 0.130. The molecule has 0 bridgehead atoms. The Hall–Kier alpha value is -1.62. The molecule has 0 nitrogen and oxygen atoms in total. The van der Waals surface area contributed by atoms with E-state index in [1.165, 1.54) is 15.9 Å². The minimum atomic E-state index is -1.68. The first-order valence-electron chi connectivity index (χ1n) is 8.36. The van der Waals surface area contributed by atoms with Gasteiger partial charge in [-0.25, -0.2) is 0 Å². The summed E-state index contributed by atoms with van der Waals surface area (Å²) in [4.78, 5) is 0. The lowest BCUT2D eigenvalue weighted by molar-refractivity contribution is -0.00000466. The van der Waals surface area contributed by atoms with Gasteiger partial charge >= 0.3 is 0 Å². The van der Waals surface area contributed by atoms with Crippen molar-refractivity contribution < 1.29 is 24.0 Å². The molecular weight excluding hydrogens is 434 g/mol. The number of halogens is 1. The molecule has 0 aliphatic carbocycles. The molecule has 0 saturated carbocycles. The van der Waals surface area contributed by atoms with Gasteiger partial charge in [0.2, 0.25) is 0 Å². The third kappa shape index (κ3) is 4.32. The van der Waals surface area contributed by atoms with E-state index in [2.05, 4.69) is 96.9 Å². The first-order chi connectivity index (χ1) is 11.9. The van der Waals surface area contributed by atoms with Crippen LogP contribution in [0.15, 0.2) is 91.0 Å². The zero-order chi connectivity index (χ0) is 16.7. The second kappa shape index (κ2) is 9.76. The molecule has 0 heterocycles. The maximum absolute atomic E-state index is 5.54. The van der Waals surface area contributed by atoms with Crippen molar-refractivity contribution in [2.24, 2.45) is 0 Å². The van der Waals surface area contributed by atoms with Crippen LogP contribution in [0.4, 0.5) is 0 Å². The third-order valence-corrected chi connectivity index (χ3v) is 8.93. The number of unbranched alkanes of at least 4 members (excludes halogenated alkanes) is 1. The van der Waals surface area contributed by atoms with Crippen molar-refractivity contribution in [1.29, 1.82) is 0 Å². The summed E-state index contributed by atoms with van der Waals surface area (Å²) < 4.78 is 0. The lowest BCUT2D eigenvalue weighted by Gasteiger charge is -2.27. The molecule has 0 amide bonds. The summed E-state index contributed by atoms with van der Waals surface area (Å²) in [6, 6.07) is 32.9. The fourth-order valence-electron chi connectivity index (χ4n) is 3.30. The third-order valence-electron chi connectivity index (χ3n) is 4.41. The molecule has 2 heteroatoms. The predicted octanol–water partition coefficient (Wildman–Crippen LogP) is 1.40. The number of hydrogen-bond donors (Lipinski definition) is 0. The summed E-state index contributed by atoms with van der Waals surface area (Å²) in [7, 11) is -1.68. The highest BCUT2D eigenvalue weighted by Crippen LogP contribution is 2.55. The molecule has 3 rings (SSSR count). The first kappa shape index (κ1) is 19.7. The van der Waals surface area contributed by atoms with Crippen molar-refractivity contribution in [1.82, 2.24) is 0 Å². The second-order valence-electron chi connectivity index (χ2n) is 5.85. The van der Waals surface area contributed by atoms with Gasteiger partial charge in [-0.2, -0.15) is 0 Å². The Balaban J connectivity index is 0.00000225. The van der Waals surface area contributed by atoms with Crippen molar-refractivity contribution in [2.75, 3.05) is 6.16 Å². The quantitative estimate of drug-likeness (QED) is 0.228. The Kier molecular flexibility index (Phi) is 7.69. The van der Waals surface area contributed by atoms with Gasteiger partial charge in [-0.05, 0) is 42.8 Å². The van der Waals surface area contributed by atoms with Gasteiger partial charge in [0.05, 0.1) is 6.16 Å². The average molecular weight is 456 g/mol. The van der Waals surface area contributed by atoms with Crippen molar-refractivity contribution in [3.8, 4) is 12.3 Å². The van der Waals surface area contributed by atoms with Gasteiger partial charge in [-0.15, -0.1) is 12.3 Å². The molecule has 126 valence electrons. The van der Waals surface area contributed by atoms with Crippen molar-refractivity contribution in [2.45, 2.75) is 12.8 Å². The molecule has 0 N–H and O–H groups in total. The number of benzene rings is 3. The van der Waals surface area contributed by atoms with Crippen LogP contribution >= 0.6 is 7.26 Å². The lowest BCUT2D eigenvalue weighted by atomic mass is 10.3. The van der Waals surface area contributed by atoms with Gasteiger partial charge in [-0.3, -0.25) is 0 Å². The van der Waals surface area contributed by atoms with E-state index in [1.54, 1.807) is 0 Å². The molecular formula is C23H22IP. The summed E-state index contributed by atoms with van der Waals surface area (Å²) in [5.74, 6) is 2.81. The Morgan fingerprint density at radius 2 is 1.00 bits per heavy atom. The summed E-state index contributed by atoms with van der Waals surface area (Å²) in [5.41, 5.74) is 0. The summed E-state index contributed by atoms with van der Waals surface area (Å²) in [6.07, 6.45) is 8.51. The van der Waals surface area contributed by atoms with Gasteiger partial charge in [-0.1, -0.05) is 54.6 Å². The Bertz CT molecular complexity index is 695. The maximum atomic E-state index is 5.54.